The number of anilines is 3. The molecule has 1 N–H and O–H groups in total. The van der Waals surface area contributed by atoms with Crippen LogP contribution in [0.25, 0.3) is 10.9 Å². The van der Waals surface area contributed by atoms with Crippen molar-refractivity contribution in [3.63, 3.8) is 0 Å². The summed E-state index contributed by atoms with van der Waals surface area (Å²) < 4.78 is 1.51. The Balaban J connectivity index is 1.13. The van der Waals surface area contributed by atoms with Crippen LogP contribution >= 0.6 is 0 Å². The molecule has 0 bridgehead atoms. The van der Waals surface area contributed by atoms with Gasteiger partial charge >= 0.3 is 0 Å². The molecule has 1 aliphatic rings. The van der Waals surface area contributed by atoms with Crippen LogP contribution in [0.2, 0.25) is 0 Å². The molecule has 0 unspecified atom stereocenters. The van der Waals surface area contributed by atoms with Gasteiger partial charge in [0.15, 0.2) is 11.6 Å². The molecule has 5 rings (SSSR count). The highest BCUT2D eigenvalue weighted by atomic mass is 16.2. The minimum atomic E-state index is -0.122. The van der Waals surface area contributed by atoms with Crippen LogP contribution in [0.5, 0.6) is 0 Å². The van der Waals surface area contributed by atoms with Gasteiger partial charge in [0.05, 0.1) is 17.2 Å². The second-order valence-electron chi connectivity index (χ2n) is 7.99. The Morgan fingerprint density at radius 2 is 1.71 bits per heavy atom. The Kier molecular flexibility index (Phi) is 6.11. The van der Waals surface area contributed by atoms with Crippen LogP contribution in [0.3, 0.4) is 0 Å². The number of para-hydroxylation sites is 1. The van der Waals surface area contributed by atoms with Crippen LogP contribution in [-0.2, 0) is 11.3 Å². The highest BCUT2D eigenvalue weighted by Gasteiger charge is 2.22. The van der Waals surface area contributed by atoms with Crippen molar-refractivity contribution in [1.82, 2.24) is 29.6 Å². The number of amides is 1. The third-order valence-electron chi connectivity index (χ3n) is 5.83. The first-order valence-electron chi connectivity index (χ1n) is 11.2. The van der Waals surface area contributed by atoms with E-state index in [1.54, 1.807) is 18.3 Å². The van der Waals surface area contributed by atoms with E-state index in [4.69, 9.17) is 0 Å². The van der Waals surface area contributed by atoms with Gasteiger partial charge in [0, 0.05) is 45.3 Å². The molecule has 172 valence electrons. The van der Waals surface area contributed by atoms with E-state index >= 15 is 0 Å². The molecule has 1 fully saturated rings. The van der Waals surface area contributed by atoms with Gasteiger partial charge in [-0.25, -0.2) is 9.97 Å². The van der Waals surface area contributed by atoms with Crippen molar-refractivity contribution < 1.29 is 4.79 Å². The first-order chi connectivity index (χ1) is 16.7. The third kappa shape index (κ3) is 4.70. The summed E-state index contributed by atoms with van der Waals surface area (Å²) in [6, 6.07) is 16.6. The zero-order valence-electron chi connectivity index (χ0n) is 18.5. The summed E-state index contributed by atoms with van der Waals surface area (Å²) >= 11 is 0. The van der Waals surface area contributed by atoms with Crippen LogP contribution in [0.15, 0.2) is 71.9 Å². The molecule has 10 heteroatoms. The maximum absolute atomic E-state index is 12.7. The number of hydrogen-bond acceptors (Lipinski definition) is 8. The molecule has 34 heavy (non-hydrogen) atoms. The van der Waals surface area contributed by atoms with E-state index in [1.165, 1.54) is 10.9 Å². The predicted octanol–water partition coefficient (Wildman–Crippen LogP) is 2.06. The van der Waals surface area contributed by atoms with Crippen molar-refractivity contribution in [3.8, 4) is 0 Å². The van der Waals surface area contributed by atoms with E-state index in [2.05, 4.69) is 30.4 Å². The van der Waals surface area contributed by atoms with Crippen LogP contribution in [0, 0.1) is 0 Å². The largest absolute Gasteiger partial charge is 0.352 e. The molecule has 10 nitrogen and oxygen atoms in total. The molecular weight excluding hydrogens is 432 g/mol. The summed E-state index contributed by atoms with van der Waals surface area (Å²) in [6.07, 6.45) is 3.48. The van der Waals surface area contributed by atoms with Gasteiger partial charge < -0.3 is 15.1 Å². The summed E-state index contributed by atoms with van der Waals surface area (Å²) in [5.74, 6) is 2.13. The maximum Gasteiger partial charge on any atom is 0.261 e. The number of nitrogens with zero attached hydrogens (tertiary/aromatic N) is 7. The van der Waals surface area contributed by atoms with E-state index in [1.807, 2.05) is 47.4 Å². The van der Waals surface area contributed by atoms with E-state index in [0.717, 1.165) is 5.82 Å². The highest BCUT2D eigenvalue weighted by molar-refractivity contribution is 5.78. The molecule has 0 radical (unpaired) electrons. The fourth-order valence-electron chi connectivity index (χ4n) is 3.95. The molecule has 1 aromatic carbocycles. The van der Waals surface area contributed by atoms with Crippen LogP contribution in [0.1, 0.15) is 6.42 Å². The first kappa shape index (κ1) is 21.5. The zero-order valence-corrected chi connectivity index (χ0v) is 18.5. The van der Waals surface area contributed by atoms with Crippen molar-refractivity contribution in [1.29, 1.82) is 0 Å². The summed E-state index contributed by atoms with van der Waals surface area (Å²) in [5, 5.41) is 12.2. The number of carbonyl (C=O) groups excluding carboxylic acids is 1. The molecule has 4 heterocycles. The Morgan fingerprint density at radius 3 is 2.47 bits per heavy atom. The summed E-state index contributed by atoms with van der Waals surface area (Å²) in [5.41, 5.74) is 0.539. The smallest absolute Gasteiger partial charge is 0.261 e. The van der Waals surface area contributed by atoms with E-state index in [-0.39, 0.29) is 17.9 Å². The average molecular weight is 457 g/mol. The predicted molar refractivity (Wildman–Crippen MR) is 129 cm³/mol. The van der Waals surface area contributed by atoms with Crippen molar-refractivity contribution in [3.05, 3.63) is 77.5 Å². The van der Waals surface area contributed by atoms with Crippen molar-refractivity contribution in [2.24, 2.45) is 0 Å². The lowest BCUT2D eigenvalue weighted by Crippen LogP contribution is -2.49. The van der Waals surface area contributed by atoms with Gasteiger partial charge in [-0.2, -0.15) is 0 Å². The van der Waals surface area contributed by atoms with Crippen molar-refractivity contribution in [2.75, 3.05) is 36.4 Å². The van der Waals surface area contributed by atoms with Crippen LogP contribution < -0.4 is 15.8 Å². The summed E-state index contributed by atoms with van der Waals surface area (Å²) in [4.78, 5) is 37.8. The number of rotatable bonds is 6. The van der Waals surface area contributed by atoms with Gasteiger partial charge in [0.2, 0.25) is 5.91 Å². The summed E-state index contributed by atoms with van der Waals surface area (Å²) in [7, 11) is 0. The van der Waals surface area contributed by atoms with Gasteiger partial charge in [-0.05, 0) is 36.4 Å². The molecule has 1 amide bonds. The SMILES string of the molecule is O=C(CCn1cnc2ccccc2c1=O)N1CCN(c2ccc(Nc3ccccn3)nn2)CC1. The zero-order chi connectivity index (χ0) is 23.3. The third-order valence-corrected chi connectivity index (χ3v) is 5.83. The normalized spacial score (nSPS) is 13.8. The monoisotopic (exact) mass is 456 g/mol. The Morgan fingerprint density at radius 1 is 0.882 bits per heavy atom. The number of benzene rings is 1. The Hall–Kier alpha value is -4.34. The van der Waals surface area contributed by atoms with Crippen molar-refractivity contribution in [2.45, 2.75) is 13.0 Å². The number of pyridine rings is 1. The van der Waals surface area contributed by atoms with Gasteiger partial charge in [-0.1, -0.05) is 18.2 Å². The molecule has 1 saturated heterocycles. The highest BCUT2D eigenvalue weighted by Crippen LogP contribution is 2.17. The molecular formula is C24H24N8O2. The van der Waals surface area contributed by atoms with Gasteiger partial charge in [-0.15, -0.1) is 10.2 Å². The van der Waals surface area contributed by atoms with Crippen LogP contribution in [0.4, 0.5) is 17.5 Å². The van der Waals surface area contributed by atoms with Crippen molar-refractivity contribution >= 4 is 34.3 Å². The fourth-order valence-corrected chi connectivity index (χ4v) is 3.95. The average Bonchev–Trinajstić information content (AvgIpc) is 2.89. The molecule has 1 aliphatic heterocycles. The number of hydrogen-bond donors (Lipinski definition) is 1. The molecule has 4 aromatic rings. The number of aryl methyl sites for hydroxylation is 1. The minimum Gasteiger partial charge on any atom is -0.352 e. The van der Waals surface area contributed by atoms with E-state index in [0.29, 0.717) is 55.3 Å². The molecule has 0 atom stereocenters. The lowest BCUT2D eigenvalue weighted by molar-refractivity contribution is -0.131. The number of aromatic nitrogens is 5. The molecule has 0 spiro atoms. The van der Waals surface area contributed by atoms with Crippen LogP contribution in [-0.4, -0.2) is 61.7 Å². The summed E-state index contributed by atoms with van der Waals surface area (Å²) in [6.45, 7) is 2.85. The lowest BCUT2D eigenvalue weighted by Gasteiger charge is -2.35. The van der Waals surface area contributed by atoms with E-state index < -0.39 is 0 Å². The number of nitrogens with one attached hydrogen (secondary N) is 1. The maximum atomic E-state index is 12.7. The topological polar surface area (TPSA) is 109 Å². The van der Waals surface area contributed by atoms with Gasteiger partial charge in [0.1, 0.15) is 5.82 Å². The second kappa shape index (κ2) is 9.65. The lowest BCUT2D eigenvalue weighted by atomic mass is 10.2. The quantitative estimate of drug-likeness (QED) is 0.470. The minimum absolute atomic E-state index is 0.0284. The standard InChI is InChI=1S/C24H24N8O2/c33-23(10-12-32-17-26-19-6-2-1-5-18(19)24(32)34)31-15-13-30(14-16-31)22-9-8-21(28-29-22)27-20-7-3-4-11-25-20/h1-9,11,17H,10,12-16H2,(H,25,27,28). The molecule has 3 aromatic heterocycles. The van der Waals surface area contributed by atoms with Gasteiger partial charge in [0.25, 0.3) is 5.56 Å². The number of piperazine rings is 1. The molecule has 0 aliphatic carbocycles. The Bertz CT molecular complexity index is 1330. The fraction of sp³-hybridized carbons (Fsp3) is 0.250. The second-order valence-corrected chi connectivity index (χ2v) is 7.99. The molecule has 0 saturated carbocycles. The number of fused-ring (bicyclic) bond motifs is 1. The van der Waals surface area contributed by atoms with Gasteiger partial charge in [-0.3, -0.25) is 14.2 Å². The Labute approximate surface area is 195 Å². The van der Waals surface area contributed by atoms with E-state index in [9.17, 15) is 9.59 Å². The first-order valence-corrected chi connectivity index (χ1v) is 11.2. The number of carbonyl (C=O) groups is 1.